The van der Waals surface area contributed by atoms with E-state index in [-0.39, 0.29) is 42.1 Å². The molecule has 1 fully saturated rings. The molecule has 2 aromatic heterocycles. The number of nitrogens with one attached hydrogen (secondary N) is 2. The van der Waals surface area contributed by atoms with E-state index in [4.69, 9.17) is 10.2 Å². The molecule has 0 bridgehead atoms. The first-order valence-electron chi connectivity index (χ1n) is 8.04. The summed E-state index contributed by atoms with van der Waals surface area (Å²) < 4.78 is 5.06. The molecule has 2 aromatic rings. The van der Waals surface area contributed by atoms with Gasteiger partial charge in [-0.25, -0.2) is 0 Å². The van der Waals surface area contributed by atoms with Gasteiger partial charge in [-0.15, -0.1) is 23.7 Å². The number of carbonyl (C=O) groups is 2. The molecule has 0 saturated heterocycles. The molecule has 25 heavy (non-hydrogen) atoms. The van der Waals surface area contributed by atoms with Crippen molar-refractivity contribution in [1.29, 1.82) is 0 Å². The van der Waals surface area contributed by atoms with Crippen LogP contribution in [-0.4, -0.2) is 23.9 Å². The largest absolute Gasteiger partial charge is 0.459 e. The van der Waals surface area contributed by atoms with E-state index in [9.17, 15) is 9.59 Å². The highest BCUT2D eigenvalue weighted by Crippen LogP contribution is 2.28. The third-order valence-corrected chi connectivity index (χ3v) is 5.36. The summed E-state index contributed by atoms with van der Waals surface area (Å²) in [5, 5.41) is 6.46. The molecule has 0 atom stereocenters. The minimum atomic E-state index is -0.325. The van der Waals surface area contributed by atoms with Crippen LogP contribution in [0.1, 0.15) is 51.5 Å². The van der Waals surface area contributed by atoms with Crippen LogP contribution in [0.5, 0.6) is 0 Å². The van der Waals surface area contributed by atoms with E-state index < -0.39 is 0 Å². The molecule has 0 spiro atoms. The fourth-order valence-corrected chi connectivity index (χ4v) is 3.84. The standard InChI is InChI=1S/C17H21N3O3S.ClH/c1-10-9-14(20-16(21)13-3-2-8-23-13)24-15(10)17(22)19-12-6-4-11(18)5-7-12;/h2-3,8-9,11-12H,4-7,18H2,1H3,(H,19,22)(H,20,21);1H. The molecule has 6 nitrogen and oxygen atoms in total. The van der Waals surface area contributed by atoms with Gasteiger partial charge in [-0.05, 0) is 56.4 Å². The number of aryl methyl sites for hydroxylation is 1. The lowest BCUT2D eigenvalue weighted by atomic mass is 9.92. The second kappa shape index (κ2) is 8.51. The van der Waals surface area contributed by atoms with Gasteiger partial charge in [0.05, 0.1) is 16.1 Å². The van der Waals surface area contributed by atoms with Crippen LogP contribution in [0.15, 0.2) is 28.9 Å². The van der Waals surface area contributed by atoms with E-state index in [0.29, 0.717) is 9.88 Å². The zero-order chi connectivity index (χ0) is 17.1. The number of thiophene rings is 1. The molecular weight excluding hydrogens is 362 g/mol. The van der Waals surface area contributed by atoms with Crippen LogP contribution in [0.2, 0.25) is 0 Å². The molecule has 4 N–H and O–H groups in total. The van der Waals surface area contributed by atoms with Gasteiger partial charge in [-0.1, -0.05) is 0 Å². The molecule has 0 aromatic carbocycles. The Labute approximate surface area is 156 Å². The summed E-state index contributed by atoms with van der Waals surface area (Å²) in [5.41, 5.74) is 6.74. The molecule has 1 aliphatic rings. The van der Waals surface area contributed by atoms with Crippen molar-refractivity contribution in [2.24, 2.45) is 5.73 Å². The number of hydrogen-bond acceptors (Lipinski definition) is 5. The van der Waals surface area contributed by atoms with Gasteiger partial charge in [0, 0.05) is 12.1 Å². The van der Waals surface area contributed by atoms with Gasteiger partial charge in [0.2, 0.25) is 0 Å². The van der Waals surface area contributed by atoms with Crippen LogP contribution < -0.4 is 16.4 Å². The first kappa shape index (κ1) is 19.5. The lowest BCUT2D eigenvalue weighted by Crippen LogP contribution is -2.40. The summed E-state index contributed by atoms with van der Waals surface area (Å²) in [7, 11) is 0. The topological polar surface area (TPSA) is 97.4 Å². The van der Waals surface area contributed by atoms with Gasteiger partial charge in [0.15, 0.2) is 5.76 Å². The maximum atomic E-state index is 12.5. The smallest absolute Gasteiger partial charge is 0.291 e. The van der Waals surface area contributed by atoms with E-state index in [1.165, 1.54) is 17.6 Å². The van der Waals surface area contributed by atoms with Crippen LogP contribution in [0, 0.1) is 6.92 Å². The number of hydrogen-bond donors (Lipinski definition) is 3. The van der Waals surface area contributed by atoms with Crippen molar-refractivity contribution >= 4 is 40.6 Å². The highest BCUT2D eigenvalue weighted by atomic mass is 35.5. The molecule has 2 heterocycles. The Kier molecular flexibility index (Phi) is 6.64. The predicted octanol–water partition coefficient (Wildman–Crippen LogP) is 3.32. The number of rotatable bonds is 4. The molecule has 0 unspecified atom stereocenters. The molecule has 8 heteroatoms. The van der Waals surface area contributed by atoms with Crippen molar-refractivity contribution in [3.8, 4) is 0 Å². The molecule has 1 aliphatic carbocycles. The van der Waals surface area contributed by atoms with Crippen molar-refractivity contribution < 1.29 is 14.0 Å². The third kappa shape index (κ3) is 4.84. The number of nitrogens with two attached hydrogens (primary N) is 1. The Hall–Kier alpha value is -1.83. The summed E-state index contributed by atoms with van der Waals surface area (Å²) in [6.45, 7) is 1.87. The summed E-state index contributed by atoms with van der Waals surface area (Å²) in [6.07, 6.45) is 5.17. The number of amides is 2. The van der Waals surface area contributed by atoms with Gasteiger partial charge in [-0.3, -0.25) is 9.59 Å². The quantitative estimate of drug-likeness (QED) is 0.754. The first-order valence-corrected chi connectivity index (χ1v) is 8.86. The van der Waals surface area contributed by atoms with Gasteiger partial charge >= 0.3 is 0 Å². The first-order chi connectivity index (χ1) is 11.5. The SMILES string of the molecule is Cc1cc(NC(=O)c2ccco2)sc1C(=O)NC1CCC(N)CC1.Cl. The maximum Gasteiger partial charge on any atom is 0.291 e. The third-order valence-electron chi connectivity index (χ3n) is 4.21. The van der Waals surface area contributed by atoms with E-state index in [2.05, 4.69) is 10.6 Å². The normalized spacial score (nSPS) is 19.8. The number of halogens is 1. The van der Waals surface area contributed by atoms with Crippen LogP contribution in [0.25, 0.3) is 0 Å². The van der Waals surface area contributed by atoms with Crippen molar-refractivity contribution in [3.63, 3.8) is 0 Å². The average Bonchev–Trinajstić information content (AvgIpc) is 3.19. The van der Waals surface area contributed by atoms with Crippen LogP contribution in [-0.2, 0) is 0 Å². The lowest BCUT2D eigenvalue weighted by Gasteiger charge is -2.26. The van der Waals surface area contributed by atoms with E-state index in [1.54, 1.807) is 18.2 Å². The summed E-state index contributed by atoms with van der Waals surface area (Å²) in [6, 6.07) is 5.49. The monoisotopic (exact) mass is 383 g/mol. The Morgan fingerprint density at radius 1 is 1.24 bits per heavy atom. The summed E-state index contributed by atoms with van der Waals surface area (Å²) in [5.74, 6) is -0.170. The predicted molar refractivity (Wildman–Crippen MR) is 101 cm³/mol. The second-order valence-corrected chi connectivity index (χ2v) is 7.19. The molecule has 1 saturated carbocycles. The molecule has 0 aliphatic heterocycles. The lowest BCUT2D eigenvalue weighted by molar-refractivity contribution is 0.0928. The second-order valence-electron chi connectivity index (χ2n) is 6.14. The number of carbonyl (C=O) groups excluding carboxylic acids is 2. The highest BCUT2D eigenvalue weighted by molar-refractivity contribution is 7.18. The van der Waals surface area contributed by atoms with E-state index >= 15 is 0 Å². The Bertz CT molecular complexity index is 722. The zero-order valence-electron chi connectivity index (χ0n) is 13.9. The maximum absolute atomic E-state index is 12.5. The summed E-state index contributed by atoms with van der Waals surface area (Å²) in [4.78, 5) is 25.1. The van der Waals surface area contributed by atoms with Gasteiger partial charge in [0.1, 0.15) is 0 Å². The van der Waals surface area contributed by atoms with Crippen molar-refractivity contribution in [1.82, 2.24) is 5.32 Å². The van der Waals surface area contributed by atoms with Crippen molar-refractivity contribution in [3.05, 3.63) is 40.7 Å². The minimum absolute atomic E-state index is 0. The summed E-state index contributed by atoms with van der Waals surface area (Å²) >= 11 is 1.27. The fraction of sp³-hybridized carbons (Fsp3) is 0.412. The van der Waals surface area contributed by atoms with Gasteiger partial charge < -0.3 is 20.8 Å². The van der Waals surface area contributed by atoms with E-state index in [0.717, 1.165) is 31.2 Å². The highest BCUT2D eigenvalue weighted by Gasteiger charge is 2.22. The fourth-order valence-electron chi connectivity index (χ4n) is 2.86. The van der Waals surface area contributed by atoms with Crippen molar-refractivity contribution in [2.45, 2.75) is 44.7 Å². The Morgan fingerprint density at radius 2 is 1.96 bits per heavy atom. The number of furan rings is 1. The van der Waals surface area contributed by atoms with E-state index in [1.807, 2.05) is 6.92 Å². The molecule has 3 rings (SSSR count). The van der Waals surface area contributed by atoms with Crippen LogP contribution in [0.3, 0.4) is 0 Å². The van der Waals surface area contributed by atoms with Crippen molar-refractivity contribution in [2.75, 3.05) is 5.32 Å². The molecule has 2 amide bonds. The van der Waals surface area contributed by atoms with Gasteiger partial charge in [0.25, 0.3) is 11.8 Å². The zero-order valence-corrected chi connectivity index (χ0v) is 15.5. The number of anilines is 1. The Morgan fingerprint density at radius 3 is 2.60 bits per heavy atom. The van der Waals surface area contributed by atoms with Crippen LogP contribution >= 0.6 is 23.7 Å². The van der Waals surface area contributed by atoms with Crippen LogP contribution in [0.4, 0.5) is 5.00 Å². The van der Waals surface area contributed by atoms with Gasteiger partial charge in [-0.2, -0.15) is 0 Å². The molecular formula is C17H22ClN3O3S. The average molecular weight is 384 g/mol. The Balaban J connectivity index is 0.00000225. The molecule has 0 radical (unpaired) electrons. The molecule has 136 valence electrons. The minimum Gasteiger partial charge on any atom is -0.459 e.